The summed E-state index contributed by atoms with van der Waals surface area (Å²) in [6.07, 6.45) is -4.26. The zero-order chi connectivity index (χ0) is 16.3. The largest absolute Gasteiger partial charge is 0.461 e. The highest BCUT2D eigenvalue weighted by Crippen LogP contribution is 2.23. The van der Waals surface area contributed by atoms with E-state index in [2.05, 4.69) is 9.97 Å². The minimum Gasteiger partial charge on any atom is -0.461 e. The molecule has 1 saturated heterocycles. The van der Waals surface area contributed by atoms with Crippen LogP contribution in [0, 0.1) is 0 Å². The summed E-state index contributed by atoms with van der Waals surface area (Å²) in [4.78, 5) is 11.5. The molecule has 0 aromatic carbocycles. The number of rotatable bonds is 4. The minimum absolute atomic E-state index is 0.0880. The van der Waals surface area contributed by atoms with E-state index in [9.17, 15) is 13.2 Å². The lowest BCUT2D eigenvalue weighted by molar-refractivity contribution is -0.146. The van der Waals surface area contributed by atoms with E-state index in [-0.39, 0.29) is 17.3 Å². The Morgan fingerprint density at radius 3 is 2.41 bits per heavy atom. The van der Waals surface area contributed by atoms with Gasteiger partial charge in [0, 0.05) is 32.2 Å². The second-order valence-electron chi connectivity index (χ2n) is 5.38. The van der Waals surface area contributed by atoms with Gasteiger partial charge in [0.05, 0.1) is 12.6 Å². The molecule has 9 heteroatoms. The molecule has 0 atom stereocenters. The Morgan fingerprint density at radius 1 is 1.23 bits per heavy atom. The highest BCUT2D eigenvalue weighted by Gasteiger charge is 2.32. The van der Waals surface area contributed by atoms with Gasteiger partial charge in [0.1, 0.15) is 11.0 Å². The van der Waals surface area contributed by atoms with E-state index in [0.717, 1.165) is 0 Å². The molecule has 124 valence electrons. The molecule has 22 heavy (non-hydrogen) atoms. The summed E-state index contributed by atoms with van der Waals surface area (Å²) in [7, 11) is 0. The van der Waals surface area contributed by atoms with Gasteiger partial charge in [-0.05, 0) is 13.8 Å². The Hall–Kier alpha value is -1.28. The predicted octanol–water partition coefficient (Wildman–Crippen LogP) is 2.60. The summed E-state index contributed by atoms with van der Waals surface area (Å²) >= 11 is 5.95. The van der Waals surface area contributed by atoms with Gasteiger partial charge >= 0.3 is 12.2 Å². The maximum Gasteiger partial charge on any atom is 0.401 e. The molecular weight excluding hydrogens is 321 g/mol. The molecular formula is C13H18ClF3N4O. The van der Waals surface area contributed by atoms with E-state index in [4.69, 9.17) is 16.3 Å². The molecule has 1 aliphatic heterocycles. The van der Waals surface area contributed by atoms with Gasteiger partial charge in [-0.15, -0.1) is 0 Å². The van der Waals surface area contributed by atoms with Crippen molar-refractivity contribution in [3.8, 4) is 6.01 Å². The van der Waals surface area contributed by atoms with Gasteiger partial charge in [0.2, 0.25) is 0 Å². The van der Waals surface area contributed by atoms with E-state index in [0.29, 0.717) is 32.0 Å². The number of hydrogen-bond donors (Lipinski definition) is 0. The number of ether oxygens (including phenoxy) is 1. The molecule has 0 saturated carbocycles. The Kier molecular flexibility index (Phi) is 5.33. The molecule has 0 radical (unpaired) electrons. The number of anilines is 1. The fourth-order valence-electron chi connectivity index (χ4n) is 2.20. The van der Waals surface area contributed by atoms with Crippen molar-refractivity contribution in [3.05, 3.63) is 11.2 Å². The topological polar surface area (TPSA) is 41.5 Å². The van der Waals surface area contributed by atoms with Crippen molar-refractivity contribution in [3.63, 3.8) is 0 Å². The van der Waals surface area contributed by atoms with Crippen LogP contribution < -0.4 is 9.64 Å². The van der Waals surface area contributed by atoms with Crippen molar-refractivity contribution in [1.29, 1.82) is 0 Å². The first-order chi connectivity index (χ1) is 10.2. The second-order valence-corrected chi connectivity index (χ2v) is 5.76. The first-order valence-corrected chi connectivity index (χ1v) is 7.36. The average molecular weight is 339 g/mol. The molecule has 1 aromatic rings. The Bertz CT molecular complexity index is 505. The van der Waals surface area contributed by atoms with E-state index >= 15 is 0 Å². The van der Waals surface area contributed by atoms with Crippen LogP contribution in [0.3, 0.4) is 0 Å². The SMILES string of the molecule is CC(C)Oc1nc(Cl)cc(N2CCN(CC(F)(F)F)CC2)n1. The van der Waals surface area contributed by atoms with Gasteiger partial charge in [0.15, 0.2) is 0 Å². The maximum absolute atomic E-state index is 12.4. The number of nitrogens with zero attached hydrogens (tertiary/aromatic N) is 4. The lowest BCUT2D eigenvalue weighted by atomic mass is 10.3. The number of halogens is 4. The molecule has 2 heterocycles. The summed E-state index contributed by atoms with van der Waals surface area (Å²) in [5.41, 5.74) is 0. The van der Waals surface area contributed by atoms with Crippen LogP contribution >= 0.6 is 11.6 Å². The molecule has 0 amide bonds. The Labute approximate surface area is 132 Å². The van der Waals surface area contributed by atoms with Crippen LogP contribution in [0.25, 0.3) is 0 Å². The van der Waals surface area contributed by atoms with Crippen LogP contribution in [0.4, 0.5) is 19.0 Å². The highest BCUT2D eigenvalue weighted by molar-refractivity contribution is 6.29. The molecule has 1 aromatic heterocycles. The summed E-state index contributed by atoms with van der Waals surface area (Å²) in [5, 5.41) is 0.248. The third-order valence-corrected chi connectivity index (χ3v) is 3.29. The van der Waals surface area contributed by atoms with E-state index in [1.807, 2.05) is 18.7 Å². The lowest BCUT2D eigenvalue weighted by Crippen LogP contribution is -2.49. The van der Waals surface area contributed by atoms with Crippen molar-refractivity contribution in [1.82, 2.24) is 14.9 Å². The number of aromatic nitrogens is 2. The molecule has 2 rings (SSSR count). The van der Waals surface area contributed by atoms with Crippen LogP contribution in [0.2, 0.25) is 5.15 Å². The summed E-state index contributed by atoms with van der Waals surface area (Å²) < 4.78 is 42.6. The van der Waals surface area contributed by atoms with Gasteiger partial charge in [-0.1, -0.05) is 11.6 Å². The zero-order valence-electron chi connectivity index (χ0n) is 12.4. The van der Waals surface area contributed by atoms with Crippen molar-refractivity contribution in [2.24, 2.45) is 0 Å². The molecule has 1 fully saturated rings. The van der Waals surface area contributed by atoms with Crippen LogP contribution in [0.5, 0.6) is 6.01 Å². The molecule has 5 nitrogen and oxygen atoms in total. The van der Waals surface area contributed by atoms with Gasteiger partial charge in [0.25, 0.3) is 0 Å². The molecule has 0 N–H and O–H groups in total. The summed E-state index contributed by atoms with van der Waals surface area (Å²) in [6.45, 7) is 4.35. The fourth-order valence-corrected chi connectivity index (χ4v) is 2.37. The Balaban J connectivity index is 2.00. The normalized spacial score (nSPS) is 17.1. The third kappa shape index (κ3) is 5.17. The molecule has 0 aliphatic carbocycles. The van der Waals surface area contributed by atoms with E-state index in [1.165, 1.54) is 4.90 Å². The van der Waals surface area contributed by atoms with Gasteiger partial charge < -0.3 is 9.64 Å². The van der Waals surface area contributed by atoms with Crippen molar-refractivity contribution < 1.29 is 17.9 Å². The van der Waals surface area contributed by atoms with Gasteiger partial charge in [-0.25, -0.2) is 0 Å². The molecule has 0 spiro atoms. The summed E-state index contributed by atoms with van der Waals surface area (Å²) in [5.74, 6) is 0.572. The Morgan fingerprint density at radius 2 is 1.86 bits per heavy atom. The quantitative estimate of drug-likeness (QED) is 0.789. The van der Waals surface area contributed by atoms with Crippen LogP contribution in [0.15, 0.2) is 6.07 Å². The first-order valence-electron chi connectivity index (χ1n) is 6.98. The number of alkyl halides is 3. The average Bonchev–Trinajstić information content (AvgIpc) is 2.36. The van der Waals surface area contributed by atoms with Gasteiger partial charge in [-0.2, -0.15) is 23.1 Å². The predicted molar refractivity (Wildman–Crippen MR) is 77.5 cm³/mol. The molecule has 0 unspecified atom stereocenters. The third-order valence-electron chi connectivity index (χ3n) is 3.10. The standard InChI is InChI=1S/C13H18ClF3N4O/c1-9(2)22-12-18-10(14)7-11(19-12)21-5-3-20(4-6-21)8-13(15,16)17/h7,9H,3-6,8H2,1-2H3. The lowest BCUT2D eigenvalue weighted by Gasteiger charge is -2.35. The summed E-state index contributed by atoms with van der Waals surface area (Å²) in [6, 6.07) is 1.77. The smallest absolute Gasteiger partial charge is 0.401 e. The van der Waals surface area contributed by atoms with Gasteiger partial charge in [-0.3, -0.25) is 4.90 Å². The maximum atomic E-state index is 12.4. The molecule has 0 bridgehead atoms. The number of piperazine rings is 1. The van der Waals surface area contributed by atoms with Crippen molar-refractivity contribution >= 4 is 17.4 Å². The highest BCUT2D eigenvalue weighted by atomic mass is 35.5. The monoisotopic (exact) mass is 338 g/mol. The van der Waals surface area contributed by atoms with E-state index < -0.39 is 12.7 Å². The molecule has 1 aliphatic rings. The van der Waals surface area contributed by atoms with Crippen LogP contribution in [-0.4, -0.2) is 59.9 Å². The van der Waals surface area contributed by atoms with Crippen molar-refractivity contribution in [2.45, 2.75) is 26.1 Å². The second kappa shape index (κ2) is 6.87. The van der Waals surface area contributed by atoms with E-state index in [1.54, 1.807) is 6.07 Å². The van der Waals surface area contributed by atoms with Crippen molar-refractivity contribution in [2.75, 3.05) is 37.6 Å². The fraction of sp³-hybridized carbons (Fsp3) is 0.692. The van der Waals surface area contributed by atoms with Crippen LogP contribution in [-0.2, 0) is 0 Å². The minimum atomic E-state index is -4.17. The zero-order valence-corrected chi connectivity index (χ0v) is 13.2. The first kappa shape index (κ1) is 17.1. The van der Waals surface area contributed by atoms with Crippen LogP contribution in [0.1, 0.15) is 13.8 Å². The number of hydrogen-bond acceptors (Lipinski definition) is 5.